The number of alkyl halides is 2. The molecule has 3 N–H and O–H groups in total. The van der Waals surface area contributed by atoms with Crippen molar-refractivity contribution in [2.45, 2.75) is 70.2 Å². The van der Waals surface area contributed by atoms with Gasteiger partial charge in [-0.05, 0) is 68.6 Å². The maximum Gasteiger partial charge on any atom is 0.265 e. The topological polar surface area (TPSA) is 109 Å². The van der Waals surface area contributed by atoms with Gasteiger partial charge in [0.15, 0.2) is 5.65 Å². The van der Waals surface area contributed by atoms with Crippen LogP contribution in [0.1, 0.15) is 68.4 Å². The minimum atomic E-state index is -2.90. The summed E-state index contributed by atoms with van der Waals surface area (Å²) < 4.78 is 31.2. The first kappa shape index (κ1) is 24.4. The molecule has 6 rings (SSSR count). The maximum absolute atomic E-state index is 13.9. The summed E-state index contributed by atoms with van der Waals surface area (Å²) >= 11 is 0. The van der Waals surface area contributed by atoms with E-state index in [1.165, 1.54) is 25.7 Å². The zero-order valence-electron chi connectivity index (χ0n) is 20.9. The number of carbonyl (C=O) groups is 1. The van der Waals surface area contributed by atoms with E-state index in [2.05, 4.69) is 20.8 Å². The summed E-state index contributed by atoms with van der Waals surface area (Å²) in [5, 5.41) is 25.8. The zero-order chi connectivity index (χ0) is 25.7. The van der Waals surface area contributed by atoms with Crippen LogP contribution in [0.3, 0.4) is 0 Å². The SMILES string of the molecule is CCn1nccc1C(O)N[C@H](c1cn2nc(CC3CC(F)(F)CNC3=O)ccc2n1)C(C1CC1)C1CC1. The van der Waals surface area contributed by atoms with Gasteiger partial charge in [0.25, 0.3) is 5.92 Å². The van der Waals surface area contributed by atoms with Gasteiger partial charge in [-0.2, -0.15) is 10.2 Å². The van der Waals surface area contributed by atoms with Gasteiger partial charge in [-0.3, -0.25) is 14.8 Å². The Morgan fingerprint density at radius 3 is 2.68 bits per heavy atom. The Morgan fingerprint density at radius 2 is 1.97 bits per heavy atom. The van der Waals surface area contributed by atoms with Crippen LogP contribution in [-0.2, 0) is 17.8 Å². The summed E-state index contributed by atoms with van der Waals surface area (Å²) in [6.45, 7) is 2.04. The van der Waals surface area contributed by atoms with Crippen molar-refractivity contribution < 1.29 is 18.7 Å². The molecule has 3 aromatic rings. The second-order valence-corrected chi connectivity index (χ2v) is 10.8. The molecule has 3 aliphatic rings. The van der Waals surface area contributed by atoms with Crippen LogP contribution in [0.4, 0.5) is 8.78 Å². The van der Waals surface area contributed by atoms with Crippen LogP contribution in [0, 0.1) is 23.7 Å². The Labute approximate surface area is 213 Å². The molecule has 9 nitrogen and oxygen atoms in total. The lowest BCUT2D eigenvalue weighted by molar-refractivity contribution is -0.136. The standard InChI is InChI=1S/C26H33F2N7O2/c1-2-34-20(9-10-30-34)25(37)32-23(22(15-3-4-15)16-5-6-16)19-13-35-21(31-19)8-7-18(33-35)11-17-12-26(27,28)14-29-24(17)36/h7-10,13,15-17,22-23,25,32,37H,2-6,11-12,14H2,1H3,(H,29,36)/t17?,23-,25?/m1/s1. The average Bonchev–Trinajstić information content (AvgIpc) is 3.79. The van der Waals surface area contributed by atoms with E-state index >= 15 is 0 Å². The van der Waals surface area contributed by atoms with Crippen LogP contribution in [0.5, 0.6) is 0 Å². The van der Waals surface area contributed by atoms with E-state index in [1.807, 2.05) is 25.3 Å². The molecule has 0 radical (unpaired) electrons. The minimum Gasteiger partial charge on any atom is -0.373 e. The summed E-state index contributed by atoms with van der Waals surface area (Å²) in [5.74, 6) is -2.51. The van der Waals surface area contributed by atoms with E-state index in [9.17, 15) is 18.7 Å². The smallest absolute Gasteiger partial charge is 0.265 e. The van der Waals surface area contributed by atoms with E-state index in [1.54, 1.807) is 21.5 Å². The number of hydrogen-bond donors (Lipinski definition) is 3. The highest BCUT2D eigenvalue weighted by Crippen LogP contribution is 2.54. The number of nitrogens with zero attached hydrogens (tertiary/aromatic N) is 5. The van der Waals surface area contributed by atoms with Crippen LogP contribution in [0.25, 0.3) is 5.65 Å². The van der Waals surface area contributed by atoms with Crippen LogP contribution in [-0.4, -0.2) is 47.9 Å². The van der Waals surface area contributed by atoms with Gasteiger partial charge in [-0.15, -0.1) is 0 Å². The van der Waals surface area contributed by atoms with Crippen LogP contribution >= 0.6 is 0 Å². The number of halogens is 2. The second-order valence-electron chi connectivity index (χ2n) is 10.8. The van der Waals surface area contributed by atoms with E-state index in [0.717, 1.165) is 5.69 Å². The van der Waals surface area contributed by atoms with Crippen LogP contribution in [0.2, 0.25) is 0 Å². The molecule has 198 valence electrons. The van der Waals surface area contributed by atoms with Gasteiger partial charge in [0.05, 0.1) is 35.9 Å². The van der Waals surface area contributed by atoms with E-state index in [-0.39, 0.29) is 18.4 Å². The highest BCUT2D eigenvalue weighted by Gasteiger charge is 2.47. The van der Waals surface area contributed by atoms with Crippen LogP contribution < -0.4 is 10.6 Å². The van der Waals surface area contributed by atoms with Gasteiger partial charge in [0.1, 0.15) is 6.23 Å². The number of aryl methyl sites for hydroxylation is 1. The molecule has 37 heavy (non-hydrogen) atoms. The molecule has 3 fully saturated rings. The molecule has 1 aliphatic heterocycles. The van der Waals surface area contributed by atoms with Crippen molar-refractivity contribution in [1.29, 1.82) is 0 Å². The van der Waals surface area contributed by atoms with Gasteiger partial charge in [0, 0.05) is 31.5 Å². The number of rotatable bonds is 10. The largest absolute Gasteiger partial charge is 0.373 e. The molecule has 0 bridgehead atoms. The molecule has 11 heteroatoms. The second kappa shape index (κ2) is 9.43. The van der Waals surface area contributed by atoms with Crippen molar-refractivity contribution in [2.24, 2.45) is 23.7 Å². The third kappa shape index (κ3) is 5.11. The number of aliphatic hydroxyl groups excluding tert-OH is 1. The Balaban J connectivity index is 1.28. The third-order valence-electron chi connectivity index (χ3n) is 7.99. The summed E-state index contributed by atoms with van der Waals surface area (Å²) in [5.41, 5.74) is 2.72. The molecule has 2 unspecified atom stereocenters. The summed E-state index contributed by atoms with van der Waals surface area (Å²) in [6, 6.07) is 5.23. The van der Waals surface area contributed by atoms with Crippen molar-refractivity contribution in [1.82, 2.24) is 35.0 Å². The lowest BCUT2D eigenvalue weighted by Crippen LogP contribution is -2.48. The molecule has 4 heterocycles. The number of aromatic nitrogens is 5. The predicted octanol–water partition coefficient (Wildman–Crippen LogP) is 3.02. The summed E-state index contributed by atoms with van der Waals surface area (Å²) in [7, 11) is 0. The lowest BCUT2D eigenvalue weighted by Gasteiger charge is -2.29. The number of nitrogens with one attached hydrogen (secondary N) is 2. The molecule has 2 saturated carbocycles. The fourth-order valence-electron chi connectivity index (χ4n) is 5.88. The van der Waals surface area contributed by atoms with Gasteiger partial charge in [0.2, 0.25) is 5.91 Å². The summed E-state index contributed by atoms with van der Waals surface area (Å²) in [6.07, 6.45) is 7.07. The van der Waals surface area contributed by atoms with Gasteiger partial charge in [-0.25, -0.2) is 18.3 Å². The average molecular weight is 514 g/mol. The Hall–Kier alpha value is -2.92. The predicted molar refractivity (Wildman–Crippen MR) is 130 cm³/mol. The first-order valence-corrected chi connectivity index (χ1v) is 13.3. The van der Waals surface area contributed by atoms with E-state index < -0.39 is 31.0 Å². The fourth-order valence-corrected chi connectivity index (χ4v) is 5.88. The van der Waals surface area contributed by atoms with Gasteiger partial charge in [-0.1, -0.05) is 0 Å². The Bertz CT molecular complexity index is 1270. The molecule has 1 amide bonds. The number of imidazole rings is 1. The number of aliphatic hydroxyl groups is 1. The number of amides is 1. The number of hydrogen-bond acceptors (Lipinski definition) is 6. The molecule has 3 aromatic heterocycles. The molecule has 3 atom stereocenters. The molecule has 2 aliphatic carbocycles. The highest BCUT2D eigenvalue weighted by molar-refractivity contribution is 5.80. The monoisotopic (exact) mass is 513 g/mol. The first-order valence-electron chi connectivity index (χ1n) is 13.3. The number of carbonyl (C=O) groups excluding carboxylic acids is 1. The van der Waals surface area contributed by atoms with Crippen molar-refractivity contribution >= 4 is 11.6 Å². The van der Waals surface area contributed by atoms with E-state index in [4.69, 9.17) is 4.98 Å². The first-order chi connectivity index (χ1) is 17.8. The lowest BCUT2D eigenvalue weighted by atomic mass is 9.87. The van der Waals surface area contributed by atoms with Gasteiger partial charge < -0.3 is 10.4 Å². The number of fused-ring (bicyclic) bond motifs is 1. The van der Waals surface area contributed by atoms with Crippen molar-refractivity contribution in [3.05, 3.63) is 47.7 Å². The van der Waals surface area contributed by atoms with Crippen LogP contribution in [0.15, 0.2) is 30.6 Å². The highest BCUT2D eigenvalue weighted by atomic mass is 19.3. The Kier molecular flexibility index (Phi) is 6.22. The molecule has 0 spiro atoms. The Morgan fingerprint density at radius 1 is 1.22 bits per heavy atom. The molecule has 0 aromatic carbocycles. The zero-order valence-corrected chi connectivity index (χ0v) is 20.9. The molecule has 1 saturated heterocycles. The third-order valence-corrected chi connectivity index (χ3v) is 7.99. The maximum atomic E-state index is 13.9. The van der Waals surface area contributed by atoms with E-state index in [0.29, 0.717) is 41.3 Å². The van der Waals surface area contributed by atoms with Gasteiger partial charge >= 0.3 is 0 Å². The fraction of sp³-hybridized carbons (Fsp3) is 0.615. The number of piperidine rings is 1. The van der Waals surface area contributed by atoms with Crippen molar-refractivity contribution in [3.63, 3.8) is 0 Å². The normalized spacial score (nSPS) is 23.4. The van der Waals surface area contributed by atoms with Crippen molar-refractivity contribution in [3.8, 4) is 0 Å². The molecular weight excluding hydrogens is 480 g/mol. The minimum absolute atomic E-state index is 0.138. The van der Waals surface area contributed by atoms with Crippen molar-refractivity contribution in [2.75, 3.05) is 6.54 Å². The quantitative estimate of drug-likeness (QED) is 0.360. The molecular formula is C26H33F2N7O2. The summed E-state index contributed by atoms with van der Waals surface area (Å²) in [4.78, 5) is 17.0.